The summed E-state index contributed by atoms with van der Waals surface area (Å²) >= 11 is 5.88. The van der Waals surface area contributed by atoms with Crippen molar-refractivity contribution in [3.05, 3.63) is 106 Å². The minimum Gasteiger partial charge on any atom is -0.457 e. The average molecular weight is 448 g/mol. The van der Waals surface area contributed by atoms with E-state index in [1.807, 2.05) is 0 Å². The summed E-state index contributed by atoms with van der Waals surface area (Å²) in [5.41, 5.74) is 0.178. The van der Waals surface area contributed by atoms with E-state index in [0.29, 0.717) is 16.1 Å². The number of aliphatic hydroxyl groups excluding tert-OH is 1. The van der Waals surface area contributed by atoms with Gasteiger partial charge in [0.2, 0.25) is 0 Å². The number of halogens is 4. The minimum atomic E-state index is -4.50. The van der Waals surface area contributed by atoms with Crippen LogP contribution in [-0.4, -0.2) is 16.1 Å². The Labute approximate surface area is 181 Å². The minimum absolute atomic E-state index is 0.0951. The van der Waals surface area contributed by atoms with Crippen molar-refractivity contribution >= 4 is 23.6 Å². The molecular formula is C23H17ClF3NO3. The Morgan fingerprint density at radius 1 is 1.13 bits per heavy atom. The van der Waals surface area contributed by atoms with Crippen molar-refractivity contribution in [1.82, 2.24) is 4.98 Å². The number of rotatable bonds is 6. The van der Waals surface area contributed by atoms with Gasteiger partial charge in [-0.05, 0) is 47.5 Å². The number of aromatic nitrogens is 1. The number of carbonyl (C=O) groups excluding carboxylic acids is 1. The summed E-state index contributed by atoms with van der Waals surface area (Å²) in [6, 6.07) is 14.2. The fourth-order valence-corrected chi connectivity index (χ4v) is 2.90. The highest BCUT2D eigenvalue weighted by atomic mass is 35.5. The largest absolute Gasteiger partial charge is 0.457 e. The monoisotopic (exact) mass is 447 g/mol. The van der Waals surface area contributed by atoms with Crippen LogP contribution in [0.2, 0.25) is 5.02 Å². The van der Waals surface area contributed by atoms with Gasteiger partial charge >= 0.3 is 12.1 Å². The summed E-state index contributed by atoms with van der Waals surface area (Å²) in [4.78, 5) is 16.7. The first-order valence-electron chi connectivity index (χ1n) is 9.12. The lowest BCUT2D eigenvalue weighted by atomic mass is 10.0. The van der Waals surface area contributed by atoms with Gasteiger partial charge in [-0.3, -0.25) is 4.98 Å². The normalized spacial score (nSPS) is 13.0. The summed E-state index contributed by atoms with van der Waals surface area (Å²) in [5, 5.41) is 11.2. The number of ether oxygens (including phenoxy) is 1. The number of nitrogens with zero attached hydrogens (tertiary/aromatic N) is 1. The van der Waals surface area contributed by atoms with Crippen molar-refractivity contribution in [2.24, 2.45) is 0 Å². The molecule has 8 heteroatoms. The van der Waals surface area contributed by atoms with E-state index in [9.17, 15) is 23.1 Å². The van der Waals surface area contributed by atoms with E-state index in [0.717, 1.165) is 12.1 Å². The first-order chi connectivity index (χ1) is 14.7. The summed E-state index contributed by atoms with van der Waals surface area (Å²) in [5.74, 6) is -0.872. The molecule has 0 aliphatic carbocycles. The van der Waals surface area contributed by atoms with Gasteiger partial charge in [0.25, 0.3) is 0 Å². The van der Waals surface area contributed by atoms with Crippen LogP contribution in [0.5, 0.6) is 0 Å². The number of carbonyl (C=O) groups is 1. The Hall–Kier alpha value is -3.16. The molecule has 0 fully saturated rings. The van der Waals surface area contributed by atoms with E-state index in [1.54, 1.807) is 36.4 Å². The number of hydrogen-bond donors (Lipinski definition) is 1. The summed E-state index contributed by atoms with van der Waals surface area (Å²) in [6.07, 6.45) is -1.50. The second-order valence-electron chi connectivity index (χ2n) is 6.61. The SMILES string of the molecule is O=C(OCc1cccc(C(F)(F)F)c1)C(=Cc1ccc(Cl)cc1)C(O)c1cccnc1. The lowest BCUT2D eigenvalue weighted by Gasteiger charge is -2.15. The lowest BCUT2D eigenvalue weighted by Crippen LogP contribution is -2.15. The number of esters is 1. The van der Waals surface area contributed by atoms with Crippen molar-refractivity contribution in [3.63, 3.8) is 0 Å². The first-order valence-corrected chi connectivity index (χ1v) is 9.50. The molecule has 0 saturated heterocycles. The molecule has 1 unspecified atom stereocenters. The van der Waals surface area contributed by atoms with Crippen LogP contribution in [0.4, 0.5) is 13.2 Å². The molecule has 4 nitrogen and oxygen atoms in total. The van der Waals surface area contributed by atoms with Crippen molar-refractivity contribution in [2.75, 3.05) is 0 Å². The Balaban J connectivity index is 1.85. The van der Waals surface area contributed by atoms with E-state index < -0.39 is 23.8 Å². The molecule has 3 rings (SSSR count). The van der Waals surface area contributed by atoms with Gasteiger partial charge in [0, 0.05) is 23.0 Å². The Kier molecular flexibility index (Phi) is 7.09. The third-order valence-electron chi connectivity index (χ3n) is 4.35. The molecule has 1 aromatic heterocycles. The maximum atomic E-state index is 12.9. The fraction of sp³-hybridized carbons (Fsp3) is 0.130. The van der Waals surface area contributed by atoms with Crippen LogP contribution >= 0.6 is 11.6 Å². The highest BCUT2D eigenvalue weighted by Gasteiger charge is 2.30. The predicted molar refractivity (Wildman–Crippen MR) is 110 cm³/mol. The standard InChI is InChI=1S/C23H17ClF3NO3/c24-19-8-6-15(7-9-19)12-20(21(29)17-4-2-10-28-13-17)22(30)31-14-16-3-1-5-18(11-16)23(25,26)27/h1-13,21,29H,14H2. The van der Waals surface area contributed by atoms with Gasteiger partial charge in [-0.1, -0.05) is 41.9 Å². The molecular weight excluding hydrogens is 431 g/mol. The zero-order valence-electron chi connectivity index (χ0n) is 16.0. The van der Waals surface area contributed by atoms with Crippen LogP contribution in [0.1, 0.15) is 28.4 Å². The van der Waals surface area contributed by atoms with Gasteiger partial charge < -0.3 is 9.84 Å². The molecule has 160 valence electrons. The molecule has 1 N–H and O–H groups in total. The van der Waals surface area contributed by atoms with E-state index >= 15 is 0 Å². The van der Waals surface area contributed by atoms with Crippen LogP contribution in [-0.2, 0) is 22.3 Å². The molecule has 0 spiro atoms. The van der Waals surface area contributed by atoms with E-state index in [-0.39, 0.29) is 17.7 Å². The van der Waals surface area contributed by atoms with Gasteiger partial charge in [-0.2, -0.15) is 13.2 Å². The molecule has 31 heavy (non-hydrogen) atoms. The number of aliphatic hydroxyl groups is 1. The third-order valence-corrected chi connectivity index (χ3v) is 4.60. The Morgan fingerprint density at radius 2 is 1.87 bits per heavy atom. The highest BCUT2D eigenvalue weighted by molar-refractivity contribution is 6.30. The highest BCUT2D eigenvalue weighted by Crippen LogP contribution is 2.30. The topological polar surface area (TPSA) is 59.4 Å². The summed E-state index contributed by atoms with van der Waals surface area (Å²) in [7, 11) is 0. The number of alkyl halides is 3. The second kappa shape index (κ2) is 9.76. The van der Waals surface area contributed by atoms with Crippen LogP contribution in [0.15, 0.2) is 78.6 Å². The van der Waals surface area contributed by atoms with Gasteiger partial charge in [0.1, 0.15) is 12.7 Å². The van der Waals surface area contributed by atoms with Crippen LogP contribution in [0, 0.1) is 0 Å². The quantitative estimate of drug-likeness (QED) is 0.394. The van der Waals surface area contributed by atoms with E-state index in [4.69, 9.17) is 16.3 Å². The van der Waals surface area contributed by atoms with Gasteiger partial charge in [0.05, 0.1) is 11.1 Å². The number of benzene rings is 2. The van der Waals surface area contributed by atoms with Crippen molar-refractivity contribution in [2.45, 2.75) is 18.9 Å². The molecule has 1 atom stereocenters. The summed E-state index contributed by atoms with van der Waals surface area (Å²) < 4.78 is 43.9. The smallest absolute Gasteiger partial charge is 0.416 e. The van der Waals surface area contributed by atoms with Crippen molar-refractivity contribution in [1.29, 1.82) is 0 Å². The molecule has 3 aromatic rings. The second-order valence-corrected chi connectivity index (χ2v) is 7.05. The predicted octanol–water partition coefficient (Wildman–Crippen LogP) is 5.61. The molecule has 0 radical (unpaired) electrons. The molecule has 0 amide bonds. The van der Waals surface area contributed by atoms with Crippen molar-refractivity contribution in [3.8, 4) is 0 Å². The van der Waals surface area contributed by atoms with Gasteiger partial charge in [-0.15, -0.1) is 0 Å². The van der Waals surface area contributed by atoms with Crippen LogP contribution in [0.25, 0.3) is 6.08 Å². The zero-order valence-corrected chi connectivity index (χ0v) is 16.8. The average Bonchev–Trinajstić information content (AvgIpc) is 2.77. The zero-order chi connectivity index (χ0) is 22.4. The van der Waals surface area contributed by atoms with Crippen molar-refractivity contribution < 1.29 is 27.8 Å². The number of pyridine rings is 1. The van der Waals surface area contributed by atoms with Crippen LogP contribution < -0.4 is 0 Å². The van der Waals surface area contributed by atoms with Gasteiger partial charge in [0.15, 0.2) is 0 Å². The molecule has 1 heterocycles. The first kappa shape index (κ1) is 22.5. The van der Waals surface area contributed by atoms with Gasteiger partial charge in [-0.25, -0.2) is 4.79 Å². The molecule has 0 saturated carbocycles. The molecule has 0 aliphatic rings. The Bertz CT molecular complexity index is 1070. The molecule has 0 aliphatic heterocycles. The maximum absolute atomic E-state index is 12.9. The molecule has 2 aromatic carbocycles. The third kappa shape index (κ3) is 6.16. The molecule has 0 bridgehead atoms. The lowest BCUT2D eigenvalue weighted by molar-refractivity contribution is -0.141. The van der Waals surface area contributed by atoms with Crippen LogP contribution in [0.3, 0.4) is 0 Å². The number of hydrogen-bond acceptors (Lipinski definition) is 4. The van der Waals surface area contributed by atoms with E-state index in [2.05, 4.69) is 4.98 Å². The summed E-state index contributed by atoms with van der Waals surface area (Å²) in [6.45, 7) is -0.388. The maximum Gasteiger partial charge on any atom is 0.416 e. The fourth-order valence-electron chi connectivity index (χ4n) is 2.77. The van der Waals surface area contributed by atoms with E-state index in [1.165, 1.54) is 30.6 Å². The Morgan fingerprint density at radius 3 is 2.52 bits per heavy atom.